The Morgan fingerprint density at radius 2 is 2.30 bits per heavy atom. The van der Waals surface area contributed by atoms with Gasteiger partial charge in [0.2, 0.25) is 11.8 Å². The maximum Gasteiger partial charge on any atom is 0.266 e. The highest BCUT2D eigenvalue weighted by molar-refractivity contribution is 7.11. The molecule has 0 saturated carbocycles. The third-order valence-corrected chi connectivity index (χ3v) is 4.65. The lowest BCUT2D eigenvalue weighted by molar-refractivity contribution is -0.0105. The van der Waals surface area contributed by atoms with Crippen LogP contribution in [0.3, 0.4) is 0 Å². The summed E-state index contributed by atoms with van der Waals surface area (Å²) in [6.07, 6.45) is 0.734. The summed E-state index contributed by atoms with van der Waals surface area (Å²) >= 11 is 1.37. The van der Waals surface area contributed by atoms with Crippen LogP contribution in [-0.2, 0) is 11.2 Å². The Balaban J connectivity index is 1.87. The number of morpholine rings is 1. The van der Waals surface area contributed by atoms with Crippen molar-refractivity contribution in [2.75, 3.05) is 19.8 Å². The normalized spacial score (nSPS) is 18.6. The van der Waals surface area contributed by atoms with Crippen molar-refractivity contribution in [3.05, 3.63) is 27.9 Å². The molecule has 124 valence electrons. The molecule has 8 heteroatoms. The first-order valence-electron chi connectivity index (χ1n) is 7.76. The number of amides is 1. The zero-order valence-electron chi connectivity index (χ0n) is 13.5. The largest absolute Gasteiger partial charge is 0.423 e. The smallest absolute Gasteiger partial charge is 0.266 e. The average Bonchev–Trinajstić information content (AvgIpc) is 3.23. The standard InChI is InChI=1S/C15H20N4O3S/c1-4-10-12(23-8-16-10)15(20)19-5-6-21-7-11(19)14-18-17-13(22-14)9(2)3/h8-9,11H,4-7H2,1-3H3/t11-/m0/s1. The van der Waals surface area contributed by atoms with Gasteiger partial charge in [-0.15, -0.1) is 21.5 Å². The summed E-state index contributed by atoms with van der Waals surface area (Å²) < 4.78 is 11.3. The number of hydrogen-bond acceptors (Lipinski definition) is 7. The highest BCUT2D eigenvalue weighted by Crippen LogP contribution is 2.28. The molecule has 2 aromatic heterocycles. The van der Waals surface area contributed by atoms with E-state index in [1.54, 1.807) is 10.4 Å². The van der Waals surface area contributed by atoms with Gasteiger partial charge in [-0.2, -0.15) is 0 Å². The summed E-state index contributed by atoms with van der Waals surface area (Å²) in [5, 5.41) is 8.18. The van der Waals surface area contributed by atoms with Gasteiger partial charge in [0.25, 0.3) is 5.91 Å². The van der Waals surface area contributed by atoms with Crippen LogP contribution in [-0.4, -0.2) is 45.7 Å². The van der Waals surface area contributed by atoms with E-state index in [-0.39, 0.29) is 17.9 Å². The zero-order valence-corrected chi connectivity index (χ0v) is 14.3. The molecule has 1 amide bonds. The summed E-state index contributed by atoms with van der Waals surface area (Å²) in [5.41, 5.74) is 2.55. The predicted molar refractivity (Wildman–Crippen MR) is 84.5 cm³/mol. The molecule has 1 saturated heterocycles. The number of carbonyl (C=O) groups is 1. The van der Waals surface area contributed by atoms with Crippen LogP contribution in [0.5, 0.6) is 0 Å². The van der Waals surface area contributed by atoms with Gasteiger partial charge in [-0.1, -0.05) is 20.8 Å². The fraction of sp³-hybridized carbons (Fsp3) is 0.600. The van der Waals surface area contributed by atoms with E-state index in [2.05, 4.69) is 15.2 Å². The monoisotopic (exact) mass is 336 g/mol. The molecule has 0 N–H and O–H groups in total. The van der Waals surface area contributed by atoms with Gasteiger partial charge in [-0.05, 0) is 6.42 Å². The van der Waals surface area contributed by atoms with E-state index in [1.165, 1.54) is 11.3 Å². The first kappa shape index (κ1) is 16.1. The van der Waals surface area contributed by atoms with Gasteiger partial charge in [0, 0.05) is 12.5 Å². The maximum absolute atomic E-state index is 12.9. The molecular weight excluding hydrogens is 316 g/mol. The molecule has 3 rings (SSSR count). The molecule has 0 spiro atoms. The van der Waals surface area contributed by atoms with E-state index >= 15 is 0 Å². The zero-order chi connectivity index (χ0) is 16.4. The van der Waals surface area contributed by atoms with Crippen molar-refractivity contribution in [3.8, 4) is 0 Å². The molecule has 23 heavy (non-hydrogen) atoms. The minimum absolute atomic E-state index is 0.0399. The van der Waals surface area contributed by atoms with E-state index < -0.39 is 0 Å². The Morgan fingerprint density at radius 1 is 1.48 bits per heavy atom. The molecule has 0 aromatic carbocycles. The van der Waals surface area contributed by atoms with Crippen molar-refractivity contribution >= 4 is 17.2 Å². The van der Waals surface area contributed by atoms with Gasteiger partial charge in [-0.25, -0.2) is 4.98 Å². The van der Waals surface area contributed by atoms with Gasteiger partial charge in [0.05, 0.1) is 24.4 Å². The van der Waals surface area contributed by atoms with Crippen molar-refractivity contribution < 1.29 is 13.9 Å². The summed E-state index contributed by atoms with van der Waals surface area (Å²) in [5.74, 6) is 1.12. The van der Waals surface area contributed by atoms with Crippen molar-refractivity contribution in [3.63, 3.8) is 0 Å². The summed E-state index contributed by atoms with van der Waals surface area (Å²) in [4.78, 5) is 19.6. The molecule has 1 aliphatic rings. The van der Waals surface area contributed by atoms with E-state index in [4.69, 9.17) is 9.15 Å². The molecule has 7 nitrogen and oxygen atoms in total. The lowest BCUT2D eigenvalue weighted by Gasteiger charge is -2.33. The number of ether oxygens (including phenoxy) is 1. The second-order valence-electron chi connectivity index (χ2n) is 5.70. The van der Waals surface area contributed by atoms with Crippen molar-refractivity contribution in [2.45, 2.75) is 39.2 Å². The molecule has 1 atom stereocenters. The molecule has 0 radical (unpaired) electrons. The fourth-order valence-corrected chi connectivity index (χ4v) is 3.33. The van der Waals surface area contributed by atoms with Gasteiger partial charge >= 0.3 is 0 Å². The van der Waals surface area contributed by atoms with Crippen LogP contribution in [0, 0.1) is 0 Å². The van der Waals surface area contributed by atoms with Gasteiger partial charge in [-0.3, -0.25) is 4.79 Å². The van der Waals surface area contributed by atoms with Crippen LogP contribution >= 0.6 is 11.3 Å². The van der Waals surface area contributed by atoms with Crippen LogP contribution in [0.2, 0.25) is 0 Å². The first-order valence-corrected chi connectivity index (χ1v) is 8.64. The minimum Gasteiger partial charge on any atom is -0.423 e. The summed E-state index contributed by atoms with van der Waals surface area (Å²) in [6, 6.07) is -0.344. The fourth-order valence-electron chi connectivity index (χ4n) is 2.49. The predicted octanol–water partition coefficient (Wildman–Crippen LogP) is 2.43. The lowest BCUT2D eigenvalue weighted by Crippen LogP contribution is -2.43. The van der Waals surface area contributed by atoms with Gasteiger partial charge in [0.15, 0.2) is 0 Å². The Bertz CT molecular complexity index is 682. The molecular formula is C15H20N4O3S. The van der Waals surface area contributed by atoms with Crippen LogP contribution < -0.4 is 0 Å². The Labute approximate surface area is 138 Å². The van der Waals surface area contributed by atoms with Crippen LogP contribution in [0.1, 0.15) is 59.9 Å². The second kappa shape index (κ2) is 6.76. The first-order chi connectivity index (χ1) is 11.1. The van der Waals surface area contributed by atoms with Crippen LogP contribution in [0.4, 0.5) is 0 Å². The van der Waals surface area contributed by atoms with Crippen LogP contribution in [0.25, 0.3) is 0 Å². The van der Waals surface area contributed by atoms with E-state index in [0.717, 1.165) is 12.1 Å². The molecule has 2 aromatic rings. The van der Waals surface area contributed by atoms with Crippen molar-refractivity contribution in [2.24, 2.45) is 0 Å². The molecule has 0 aliphatic carbocycles. The third kappa shape index (κ3) is 3.13. The average molecular weight is 336 g/mol. The molecule has 0 bridgehead atoms. The quantitative estimate of drug-likeness (QED) is 0.853. The maximum atomic E-state index is 12.9. The number of hydrogen-bond donors (Lipinski definition) is 0. The Hall–Kier alpha value is -1.80. The summed E-state index contributed by atoms with van der Waals surface area (Å²) in [7, 11) is 0. The number of nitrogens with zero attached hydrogens (tertiary/aromatic N) is 4. The Morgan fingerprint density at radius 3 is 3.00 bits per heavy atom. The third-order valence-electron chi connectivity index (χ3n) is 3.79. The molecule has 3 heterocycles. The van der Waals surface area contributed by atoms with E-state index in [0.29, 0.717) is 36.4 Å². The van der Waals surface area contributed by atoms with Crippen LogP contribution in [0.15, 0.2) is 9.93 Å². The van der Waals surface area contributed by atoms with Gasteiger partial charge in [0.1, 0.15) is 10.9 Å². The Kier molecular flexibility index (Phi) is 4.72. The summed E-state index contributed by atoms with van der Waals surface area (Å²) in [6.45, 7) is 7.35. The number of aromatic nitrogens is 3. The number of carbonyl (C=O) groups excluding carboxylic acids is 1. The highest BCUT2D eigenvalue weighted by Gasteiger charge is 2.34. The molecule has 1 fully saturated rings. The molecule has 0 unspecified atom stereocenters. The SMILES string of the molecule is CCc1ncsc1C(=O)N1CCOC[C@H]1c1nnc(C(C)C)o1. The number of aryl methyl sites for hydroxylation is 1. The van der Waals surface area contributed by atoms with Crippen molar-refractivity contribution in [1.82, 2.24) is 20.1 Å². The topological polar surface area (TPSA) is 81.4 Å². The lowest BCUT2D eigenvalue weighted by atomic mass is 10.2. The molecule has 1 aliphatic heterocycles. The van der Waals surface area contributed by atoms with Crippen molar-refractivity contribution in [1.29, 1.82) is 0 Å². The van der Waals surface area contributed by atoms with Gasteiger partial charge < -0.3 is 14.1 Å². The minimum atomic E-state index is -0.344. The highest BCUT2D eigenvalue weighted by atomic mass is 32.1. The second-order valence-corrected chi connectivity index (χ2v) is 6.56. The number of thiazole rings is 1. The van der Waals surface area contributed by atoms with E-state index in [1.807, 2.05) is 20.8 Å². The number of rotatable bonds is 4. The van der Waals surface area contributed by atoms with E-state index in [9.17, 15) is 4.79 Å².